The highest BCUT2D eigenvalue weighted by Gasteiger charge is 2.38. The van der Waals surface area contributed by atoms with Crippen LogP contribution in [0.25, 0.3) is 0 Å². The zero-order chi connectivity index (χ0) is 15.8. The molecule has 0 aromatic carbocycles. The third-order valence-electron chi connectivity index (χ3n) is 4.99. The van der Waals surface area contributed by atoms with Crippen molar-refractivity contribution >= 4 is 17.2 Å². The van der Waals surface area contributed by atoms with Gasteiger partial charge in [0.1, 0.15) is 17.2 Å². The lowest BCUT2D eigenvalue weighted by atomic mass is 9.88. The first-order valence-corrected chi connectivity index (χ1v) is 9.08. The number of thiazole rings is 1. The quantitative estimate of drug-likeness (QED) is 0.867. The van der Waals surface area contributed by atoms with Gasteiger partial charge in [0.25, 0.3) is 5.91 Å². The highest BCUT2D eigenvalue weighted by Crippen LogP contribution is 2.32. The minimum Gasteiger partial charge on any atom is -0.465 e. The van der Waals surface area contributed by atoms with Crippen molar-refractivity contribution in [3.63, 3.8) is 0 Å². The number of aryl methyl sites for hydroxylation is 1. The number of aromatic nitrogens is 1. The summed E-state index contributed by atoms with van der Waals surface area (Å²) in [5.74, 6) is 3.37. The number of piperidine rings is 1. The minimum absolute atomic E-state index is 0.0878. The van der Waals surface area contributed by atoms with Crippen LogP contribution in [0, 0.1) is 18.8 Å². The maximum absolute atomic E-state index is 12.5. The summed E-state index contributed by atoms with van der Waals surface area (Å²) < 4.78 is 5.69. The van der Waals surface area contributed by atoms with Crippen LogP contribution in [-0.2, 0) is 6.54 Å². The van der Waals surface area contributed by atoms with E-state index in [1.807, 2.05) is 23.3 Å². The van der Waals surface area contributed by atoms with Crippen LogP contribution in [0.3, 0.4) is 0 Å². The Labute approximate surface area is 139 Å². The van der Waals surface area contributed by atoms with Crippen LogP contribution < -0.4 is 0 Å². The molecule has 0 spiro atoms. The van der Waals surface area contributed by atoms with Crippen molar-refractivity contribution < 1.29 is 9.21 Å². The second-order valence-electron chi connectivity index (χ2n) is 6.64. The molecule has 0 bridgehead atoms. The Balaban J connectivity index is 1.37. The second-order valence-corrected chi connectivity index (χ2v) is 7.36. The van der Waals surface area contributed by atoms with E-state index in [0.717, 1.165) is 50.7 Å². The van der Waals surface area contributed by atoms with E-state index in [1.54, 1.807) is 5.51 Å². The number of hydrogen-bond donors (Lipinski definition) is 0. The van der Waals surface area contributed by atoms with E-state index in [9.17, 15) is 4.79 Å². The van der Waals surface area contributed by atoms with E-state index < -0.39 is 0 Å². The van der Waals surface area contributed by atoms with E-state index in [2.05, 4.69) is 16.0 Å². The lowest BCUT2D eigenvalue weighted by Gasteiger charge is -2.34. The van der Waals surface area contributed by atoms with Gasteiger partial charge in [-0.25, -0.2) is 4.98 Å². The van der Waals surface area contributed by atoms with Crippen LogP contribution in [0.15, 0.2) is 27.4 Å². The summed E-state index contributed by atoms with van der Waals surface area (Å²) >= 11 is 1.48. The van der Waals surface area contributed by atoms with Crippen LogP contribution in [-0.4, -0.2) is 46.9 Å². The Morgan fingerprint density at radius 2 is 2.22 bits per heavy atom. The van der Waals surface area contributed by atoms with Gasteiger partial charge < -0.3 is 9.32 Å². The van der Waals surface area contributed by atoms with Gasteiger partial charge in [-0.05, 0) is 37.3 Å². The Hall–Kier alpha value is -1.66. The Bertz CT molecular complexity index is 682. The zero-order valence-corrected chi connectivity index (χ0v) is 14.1. The fraction of sp³-hybridized carbons (Fsp3) is 0.529. The first kappa shape index (κ1) is 14.9. The lowest BCUT2D eigenvalue weighted by molar-refractivity contribution is 0.0637. The van der Waals surface area contributed by atoms with Crippen LogP contribution in [0.2, 0.25) is 0 Å². The molecule has 0 saturated carbocycles. The first-order valence-electron chi connectivity index (χ1n) is 8.14. The van der Waals surface area contributed by atoms with E-state index >= 15 is 0 Å². The number of likely N-dealkylation sites (tertiary alicyclic amines) is 2. The lowest BCUT2D eigenvalue weighted by Crippen LogP contribution is -2.43. The van der Waals surface area contributed by atoms with Gasteiger partial charge in [0, 0.05) is 31.6 Å². The summed E-state index contributed by atoms with van der Waals surface area (Å²) in [6.07, 6.45) is 1.09. The molecule has 23 heavy (non-hydrogen) atoms. The van der Waals surface area contributed by atoms with Gasteiger partial charge in [-0.2, -0.15) is 0 Å². The third kappa shape index (κ3) is 3.05. The van der Waals surface area contributed by atoms with E-state index in [1.165, 1.54) is 11.3 Å². The molecule has 2 aliphatic rings. The molecule has 2 aromatic heterocycles. The maximum atomic E-state index is 12.5. The van der Waals surface area contributed by atoms with Gasteiger partial charge in [0.15, 0.2) is 0 Å². The maximum Gasteiger partial charge on any atom is 0.273 e. The highest BCUT2D eigenvalue weighted by molar-refractivity contribution is 7.07. The summed E-state index contributed by atoms with van der Waals surface area (Å²) in [5.41, 5.74) is 2.32. The van der Waals surface area contributed by atoms with Gasteiger partial charge in [0.2, 0.25) is 0 Å². The number of nitrogens with zero attached hydrogens (tertiary/aromatic N) is 3. The minimum atomic E-state index is 0.0878. The van der Waals surface area contributed by atoms with Gasteiger partial charge in [-0.3, -0.25) is 9.69 Å². The molecule has 6 heteroatoms. The summed E-state index contributed by atoms with van der Waals surface area (Å²) in [4.78, 5) is 21.1. The van der Waals surface area contributed by atoms with Crippen LogP contribution in [0.5, 0.6) is 0 Å². The average molecular weight is 331 g/mol. The number of furan rings is 1. The fourth-order valence-electron chi connectivity index (χ4n) is 3.85. The molecule has 0 aliphatic carbocycles. The number of fused-ring (bicyclic) bond motifs is 1. The molecule has 2 fully saturated rings. The van der Waals surface area contributed by atoms with Crippen LogP contribution >= 0.6 is 11.3 Å². The number of rotatable bonds is 3. The monoisotopic (exact) mass is 331 g/mol. The van der Waals surface area contributed by atoms with Gasteiger partial charge in [-0.15, -0.1) is 11.3 Å². The normalized spacial score (nSPS) is 24.8. The number of carbonyl (C=O) groups excluding carboxylic acids is 1. The molecular weight excluding hydrogens is 310 g/mol. The topological polar surface area (TPSA) is 49.6 Å². The molecule has 4 heterocycles. The third-order valence-corrected chi connectivity index (χ3v) is 5.58. The second kappa shape index (κ2) is 6.09. The van der Waals surface area contributed by atoms with Crippen molar-refractivity contribution in [2.45, 2.75) is 19.9 Å². The van der Waals surface area contributed by atoms with Crippen molar-refractivity contribution in [2.75, 3.05) is 26.2 Å². The molecule has 5 nitrogen and oxygen atoms in total. The smallest absolute Gasteiger partial charge is 0.273 e. The van der Waals surface area contributed by atoms with Gasteiger partial charge in [0.05, 0.1) is 12.1 Å². The fourth-order valence-corrected chi connectivity index (χ4v) is 4.38. The summed E-state index contributed by atoms with van der Waals surface area (Å²) in [7, 11) is 0. The van der Waals surface area contributed by atoms with E-state index in [0.29, 0.717) is 17.5 Å². The number of hydrogen-bond acceptors (Lipinski definition) is 5. The Kier molecular flexibility index (Phi) is 3.95. The molecule has 0 N–H and O–H groups in total. The van der Waals surface area contributed by atoms with Crippen molar-refractivity contribution in [2.24, 2.45) is 11.8 Å². The predicted molar refractivity (Wildman–Crippen MR) is 88.3 cm³/mol. The van der Waals surface area contributed by atoms with Crippen molar-refractivity contribution in [3.8, 4) is 0 Å². The SMILES string of the molecule is Cc1ccc(CN2C[C@@H]3CCN(C(=O)c4cscn4)C[C@@H]3C2)o1. The molecule has 2 aliphatic heterocycles. The Morgan fingerprint density at radius 1 is 1.35 bits per heavy atom. The summed E-state index contributed by atoms with van der Waals surface area (Å²) in [6.45, 7) is 6.73. The van der Waals surface area contributed by atoms with Crippen LogP contribution in [0.4, 0.5) is 0 Å². The number of carbonyl (C=O) groups is 1. The average Bonchev–Trinajstić information content (AvgIpc) is 3.26. The molecule has 122 valence electrons. The molecular formula is C17H21N3O2S. The van der Waals surface area contributed by atoms with E-state index in [4.69, 9.17) is 4.42 Å². The predicted octanol–water partition coefficient (Wildman–Crippen LogP) is 2.64. The van der Waals surface area contributed by atoms with Gasteiger partial charge >= 0.3 is 0 Å². The highest BCUT2D eigenvalue weighted by atomic mass is 32.1. The first-order chi connectivity index (χ1) is 11.2. The van der Waals surface area contributed by atoms with Crippen molar-refractivity contribution in [3.05, 3.63) is 40.2 Å². The molecule has 2 saturated heterocycles. The Morgan fingerprint density at radius 3 is 2.96 bits per heavy atom. The molecule has 2 atom stereocenters. The molecule has 0 radical (unpaired) electrons. The molecule has 0 unspecified atom stereocenters. The summed E-state index contributed by atoms with van der Waals surface area (Å²) in [5, 5.41) is 1.84. The molecule has 4 rings (SSSR count). The van der Waals surface area contributed by atoms with E-state index in [-0.39, 0.29) is 5.91 Å². The van der Waals surface area contributed by atoms with Gasteiger partial charge in [-0.1, -0.05) is 0 Å². The van der Waals surface area contributed by atoms with Crippen molar-refractivity contribution in [1.29, 1.82) is 0 Å². The van der Waals surface area contributed by atoms with Crippen LogP contribution in [0.1, 0.15) is 28.4 Å². The largest absolute Gasteiger partial charge is 0.465 e. The molecule has 2 aromatic rings. The summed E-state index contributed by atoms with van der Waals surface area (Å²) in [6, 6.07) is 4.09. The van der Waals surface area contributed by atoms with Crippen molar-refractivity contribution in [1.82, 2.24) is 14.8 Å². The number of amides is 1. The standard InChI is InChI=1S/C17H21N3O2S/c1-12-2-3-15(22-12)9-19-6-13-4-5-20(8-14(13)7-19)17(21)16-10-23-11-18-16/h2-3,10-11,13-14H,4-9H2,1H3/t13-,14-/m0/s1. The molecule has 1 amide bonds. The zero-order valence-electron chi connectivity index (χ0n) is 13.3.